The van der Waals surface area contributed by atoms with Gasteiger partial charge in [-0.2, -0.15) is 0 Å². The van der Waals surface area contributed by atoms with Crippen LogP contribution in [0.15, 0.2) is 48.5 Å². The smallest absolute Gasteiger partial charge is 0.253 e. The van der Waals surface area contributed by atoms with E-state index in [-0.39, 0.29) is 29.5 Å². The molecule has 0 unspecified atom stereocenters. The molecule has 0 radical (unpaired) electrons. The number of hydrogen-bond acceptors (Lipinski definition) is 3. The second-order valence-electron chi connectivity index (χ2n) is 8.31. The highest BCUT2D eigenvalue weighted by molar-refractivity contribution is 5.95. The fraction of sp³-hybridized carbons (Fsp3) is 0.458. The van der Waals surface area contributed by atoms with Crippen LogP contribution in [0.2, 0.25) is 0 Å². The van der Waals surface area contributed by atoms with Crippen molar-refractivity contribution in [2.24, 2.45) is 0 Å². The van der Waals surface area contributed by atoms with Gasteiger partial charge < -0.3 is 14.7 Å². The molecule has 2 aromatic rings. The molecule has 2 saturated heterocycles. The first-order valence-corrected chi connectivity index (χ1v) is 10.5. The van der Waals surface area contributed by atoms with Crippen LogP contribution >= 0.6 is 0 Å². The Bertz CT molecular complexity index is 876. The van der Waals surface area contributed by atoms with E-state index in [2.05, 4.69) is 6.92 Å². The molecule has 2 heterocycles. The fourth-order valence-electron chi connectivity index (χ4n) is 4.64. The standard InChI is InChI=1S/C24H28FNO3/c1-2-22-15-21(27)16-24(29-22)9-11-26(12-10-24)23(28)19-7-3-5-17(13-19)18-6-4-8-20(25)14-18/h3-8,13-14,21-22,27H,2,9-12,15-16H2,1H3/t21-,22+/m1/s1. The Morgan fingerprint density at radius 1 is 1.17 bits per heavy atom. The van der Waals surface area contributed by atoms with Gasteiger partial charge in [0.25, 0.3) is 5.91 Å². The molecular weight excluding hydrogens is 369 g/mol. The summed E-state index contributed by atoms with van der Waals surface area (Å²) in [5.74, 6) is -0.304. The molecule has 5 heteroatoms. The highest BCUT2D eigenvalue weighted by Gasteiger charge is 2.43. The number of ether oxygens (including phenoxy) is 1. The lowest BCUT2D eigenvalue weighted by atomic mass is 9.81. The predicted octanol–water partition coefficient (Wildman–Crippen LogP) is 4.42. The first-order valence-electron chi connectivity index (χ1n) is 10.5. The number of carbonyl (C=O) groups excluding carboxylic acids is 1. The van der Waals surface area contributed by atoms with Crippen molar-refractivity contribution in [1.29, 1.82) is 0 Å². The summed E-state index contributed by atoms with van der Waals surface area (Å²) in [6.45, 7) is 3.32. The van der Waals surface area contributed by atoms with Crippen molar-refractivity contribution in [3.05, 3.63) is 59.9 Å². The van der Waals surface area contributed by atoms with Gasteiger partial charge in [0.2, 0.25) is 0 Å². The van der Waals surface area contributed by atoms with E-state index in [1.54, 1.807) is 6.07 Å². The van der Waals surface area contributed by atoms with Crippen LogP contribution in [-0.4, -0.2) is 46.8 Å². The van der Waals surface area contributed by atoms with Crippen molar-refractivity contribution < 1.29 is 19.0 Å². The lowest BCUT2D eigenvalue weighted by molar-refractivity contribution is -0.179. The molecule has 4 rings (SSSR count). The Labute approximate surface area is 171 Å². The highest BCUT2D eigenvalue weighted by Crippen LogP contribution is 2.38. The Morgan fingerprint density at radius 3 is 2.55 bits per heavy atom. The van der Waals surface area contributed by atoms with E-state index in [0.717, 1.165) is 30.4 Å². The number of hydrogen-bond donors (Lipinski definition) is 1. The molecule has 0 bridgehead atoms. The zero-order valence-electron chi connectivity index (χ0n) is 16.8. The number of benzene rings is 2. The summed E-state index contributed by atoms with van der Waals surface area (Å²) in [4.78, 5) is 14.9. The van der Waals surface area contributed by atoms with Gasteiger partial charge in [0.05, 0.1) is 17.8 Å². The molecule has 2 aliphatic heterocycles. The van der Waals surface area contributed by atoms with Crippen LogP contribution in [0.1, 0.15) is 49.4 Å². The summed E-state index contributed by atoms with van der Waals surface area (Å²) in [6, 6.07) is 13.8. The average molecular weight is 397 g/mol. The Morgan fingerprint density at radius 2 is 1.86 bits per heavy atom. The molecule has 0 aliphatic carbocycles. The van der Waals surface area contributed by atoms with E-state index in [4.69, 9.17) is 4.74 Å². The molecule has 2 atom stereocenters. The minimum absolute atomic E-state index is 0.0125. The predicted molar refractivity (Wildman–Crippen MR) is 110 cm³/mol. The quantitative estimate of drug-likeness (QED) is 0.834. The summed E-state index contributed by atoms with van der Waals surface area (Å²) >= 11 is 0. The molecular formula is C24H28FNO3. The van der Waals surface area contributed by atoms with Crippen molar-refractivity contribution in [3.8, 4) is 11.1 Å². The summed E-state index contributed by atoms with van der Waals surface area (Å²) in [6.07, 6.45) is 3.52. The van der Waals surface area contributed by atoms with E-state index in [0.29, 0.717) is 31.5 Å². The summed E-state index contributed by atoms with van der Waals surface area (Å²) in [5.41, 5.74) is 1.89. The Hall–Kier alpha value is -2.24. The number of rotatable bonds is 3. The van der Waals surface area contributed by atoms with Crippen molar-refractivity contribution in [3.63, 3.8) is 0 Å². The third kappa shape index (κ3) is 4.36. The summed E-state index contributed by atoms with van der Waals surface area (Å²) in [7, 11) is 0. The molecule has 1 N–H and O–H groups in total. The number of aliphatic hydroxyl groups is 1. The van der Waals surface area contributed by atoms with Crippen LogP contribution in [-0.2, 0) is 4.74 Å². The van der Waals surface area contributed by atoms with E-state index >= 15 is 0 Å². The zero-order valence-corrected chi connectivity index (χ0v) is 16.8. The minimum Gasteiger partial charge on any atom is -0.393 e. The van der Waals surface area contributed by atoms with Gasteiger partial charge in [0.15, 0.2) is 0 Å². The number of carbonyl (C=O) groups is 1. The highest BCUT2D eigenvalue weighted by atomic mass is 19.1. The van der Waals surface area contributed by atoms with E-state index in [1.807, 2.05) is 35.2 Å². The van der Waals surface area contributed by atoms with Gasteiger partial charge in [0.1, 0.15) is 5.82 Å². The number of likely N-dealkylation sites (tertiary alicyclic amines) is 1. The number of aliphatic hydroxyl groups excluding tert-OH is 1. The molecule has 29 heavy (non-hydrogen) atoms. The van der Waals surface area contributed by atoms with E-state index in [1.165, 1.54) is 12.1 Å². The molecule has 154 valence electrons. The largest absolute Gasteiger partial charge is 0.393 e. The molecule has 4 nitrogen and oxygen atoms in total. The third-order valence-corrected chi connectivity index (χ3v) is 6.24. The lowest BCUT2D eigenvalue weighted by Gasteiger charge is -2.47. The second kappa shape index (κ2) is 8.25. The van der Waals surface area contributed by atoms with Crippen molar-refractivity contribution in [1.82, 2.24) is 4.90 Å². The molecule has 2 fully saturated rings. The monoisotopic (exact) mass is 397 g/mol. The third-order valence-electron chi connectivity index (χ3n) is 6.24. The van der Waals surface area contributed by atoms with Crippen LogP contribution in [0, 0.1) is 5.82 Å². The first-order chi connectivity index (χ1) is 14.0. The Kier molecular flexibility index (Phi) is 5.70. The zero-order chi connectivity index (χ0) is 20.4. The van der Waals surface area contributed by atoms with Gasteiger partial charge in [-0.1, -0.05) is 31.2 Å². The van der Waals surface area contributed by atoms with Crippen LogP contribution in [0.25, 0.3) is 11.1 Å². The first kappa shape index (κ1) is 20.0. The molecule has 1 amide bonds. The number of nitrogens with zero attached hydrogens (tertiary/aromatic N) is 1. The van der Waals surface area contributed by atoms with Gasteiger partial charge in [-0.3, -0.25) is 4.79 Å². The lowest BCUT2D eigenvalue weighted by Crippen LogP contribution is -2.53. The SMILES string of the molecule is CC[C@H]1C[C@@H](O)CC2(CCN(C(=O)c3cccc(-c4cccc(F)c4)c3)CC2)O1. The summed E-state index contributed by atoms with van der Waals surface area (Å²) in [5, 5.41) is 10.3. The maximum absolute atomic E-state index is 13.6. The molecule has 0 saturated carbocycles. The second-order valence-corrected chi connectivity index (χ2v) is 8.31. The average Bonchev–Trinajstić information content (AvgIpc) is 2.73. The van der Waals surface area contributed by atoms with Crippen LogP contribution < -0.4 is 0 Å². The van der Waals surface area contributed by atoms with Crippen molar-refractivity contribution in [2.75, 3.05) is 13.1 Å². The minimum atomic E-state index is -0.320. The van der Waals surface area contributed by atoms with Crippen molar-refractivity contribution >= 4 is 5.91 Å². The van der Waals surface area contributed by atoms with E-state index in [9.17, 15) is 14.3 Å². The van der Waals surface area contributed by atoms with Crippen LogP contribution in [0.3, 0.4) is 0 Å². The maximum Gasteiger partial charge on any atom is 0.253 e. The van der Waals surface area contributed by atoms with Crippen LogP contribution in [0.5, 0.6) is 0 Å². The molecule has 2 aromatic carbocycles. The van der Waals surface area contributed by atoms with Crippen LogP contribution in [0.4, 0.5) is 4.39 Å². The molecule has 0 aromatic heterocycles. The van der Waals surface area contributed by atoms with Gasteiger partial charge in [-0.05, 0) is 61.1 Å². The maximum atomic E-state index is 13.6. The molecule has 1 spiro atoms. The molecule has 2 aliphatic rings. The fourth-order valence-corrected chi connectivity index (χ4v) is 4.64. The van der Waals surface area contributed by atoms with Gasteiger partial charge in [-0.15, -0.1) is 0 Å². The normalized spacial score (nSPS) is 23.9. The topological polar surface area (TPSA) is 49.8 Å². The van der Waals surface area contributed by atoms with Crippen molar-refractivity contribution in [2.45, 2.75) is 56.8 Å². The number of amides is 1. The van der Waals surface area contributed by atoms with Gasteiger partial charge >= 0.3 is 0 Å². The van der Waals surface area contributed by atoms with E-state index < -0.39 is 0 Å². The Balaban J connectivity index is 1.46. The van der Waals surface area contributed by atoms with Gasteiger partial charge in [0, 0.05) is 25.1 Å². The summed E-state index contributed by atoms with van der Waals surface area (Å²) < 4.78 is 19.9. The number of halogens is 1. The number of piperidine rings is 1. The van der Waals surface area contributed by atoms with Gasteiger partial charge in [-0.25, -0.2) is 4.39 Å².